The fourth-order valence-corrected chi connectivity index (χ4v) is 5.14. The quantitative estimate of drug-likeness (QED) is 0.689. The van der Waals surface area contributed by atoms with Crippen molar-refractivity contribution in [2.24, 2.45) is 0 Å². The molecule has 2 aromatic carbocycles. The minimum Gasteiger partial charge on any atom is -0.341 e. The number of amides is 3. The Kier molecular flexibility index (Phi) is 5.91. The molecule has 8 heteroatoms. The average Bonchev–Trinajstić information content (AvgIpc) is 3.24. The average molecular weight is 474 g/mol. The molecule has 0 bridgehead atoms. The Balaban J connectivity index is 1.56. The number of benzene rings is 2. The van der Waals surface area contributed by atoms with E-state index >= 15 is 0 Å². The number of thioether (sulfide) groups is 1. The molecule has 1 atom stereocenters. The Morgan fingerprint density at radius 3 is 2.62 bits per heavy atom. The van der Waals surface area contributed by atoms with Crippen molar-refractivity contribution in [2.75, 3.05) is 29.9 Å². The number of anilines is 2. The van der Waals surface area contributed by atoms with Gasteiger partial charge in [0.1, 0.15) is 6.54 Å². The number of hydrogen-bond donors (Lipinski definition) is 1. The minimum atomic E-state index is -0.846. The van der Waals surface area contributed by atoms with Crippen molar-refractivity contribution >= 4 is 56.8 Å². The molecule has 1 fully saturated rings. The first-order chi connectivity index (χ1) is 14.0. The molecule has 0 aliphatic carbocycles. The lowest BCUT2D eigenvalue weighted by Crippen LogP contribution is -2.51. The van der Waals surface area contributed by atoms with Gasteiger partial charge in [-0.1, -0.05) is 34.1 Å². The molecule has 0 radical (unpaired) electrons. The highest BCUT2D eigenvalue weighted by molar-refractivity contribution is 9.10. The largest absolute Gasteiger partial charge is 0.341 e. The molecule has 1 saturated heterocycles. The highest BCUT2D eigenvalue weighted by Gasteiger charge is 2.41. The fourth-order valence-electron chi connectivity index (χ4n) is 3.55. The smallest absolute Gasteiger partial charge is 0.250 e. The number of carbonyl (C=O) groups is 3. The third-order valence-electron chi connectivity index (χ3n) is 4.94. The summed E-state index contributed by atoms with van der Waals surface area (Å²) in [6, 6.07) is 14.7. The summed E-state index contributed by atoms with van der Waals surface area (Å²) in [7, 11) is 0. The number of hydrogen-bond acceptors (Lipinski definition) is 4. The van der Waals surface area contributed by atoms with E-state index in [0.717, 1.165) is 22.2 Å². The highest BCUT2D eigenvalue weighted by atomic mass is 79.9. The van der Waals surface area contributed by atoms with Gasteiger partial charge in [0, 0.05) is 28.1 Å². The van der Waals surface area contributed by atoms with Crippen molar-refractivity contribution in [3.05, 3.63) is 53.0 Å². The molecular formula is C21H20BrN3O3S. The Hall–Kier alpha value is -2.32. The molecule has 0 saturated carbocycles. The number of likely N-dealkylation sites (tertiary alicyclic amines) is 1. The van der Waals surface area contributed by atoms with Gasteiger partial charge in [0.2, 0.25) is 11.8 Å². The van der Waals surface area contributed by atoms with Gasteiger partial charge in [-0.3, -0.25) is 14.4 Å². The van der Waals surface area contributed by atoms with E-state index in [2.05, 4.69) is 21.2 Å². The summed E-state index contributed by atoms with van der Waals surface area (Å²) >= 11 is 4.65. The lowest BCUT2D eigenvalue weighted by Gasteiger charge is -2.34. The van der Waals surface area contributed by atoms with Gasteiger partial charge < -0.3 is 15.1 Å². The molecular weight excluding hydrogens is 454 g/mol. The van der Waals surface area contributed by atoms with Crippen LogP contribution in [-0.2, 0) is 14.4 Å². The van der Waals surface area contributed by atoms with Crippen LogP contribution in [0, 0.1) is 0 Å². The first-order valence-electron chi connectivity index (χ1n) is 9.44. The number of rotatable bonds is 4. The van der Waals surface area contributed by atoms with E-state index in [4.69, 9.17) is 0 Å². The maximum absolute atomic E-state index is 13.2. The summed E-state index contributed by atoms with van der Waals surface area (Å²) in [5.41, 5.74) is 1.30. The molecule has 3 amide bonds. The summed E-state index contributed by atoms with van der Waals surface area (Å²) in [5.74, 6) is -0.815. The molecule has 0 unspecified atom stereocenters. The zero-order valence-electron chi connectivity index (χ0n) is 15.6. The Morgan fingerprint density at radius 1 is 1.10 bits per heavy atom. The van der Waals surface area contributed by atoms with E-state index in [0.29, 0.717) is 24.5 Å². The minimum absolute atomic E-state index is 0.146. The number of nitrogens with zero attached hydrogens (tertiary/aromatic N) is 2. The van der Waals surface area contributed by atoms with E-state index in [9.17, 15) is 14.4 Å². The van der Waals surface area contributed by atoms with Crippen molar-refractivity contribution in [3.63, 3.8) is 0 Å². The third kappa shape index (κ3) is 4.33. The second-order valence-electron chi connectivity index (χ2n) is 6.98. The van der Waals surface area contributed by atoms with E-state index in [1.165, 1.54) is 16.7 Å². The van der Waals surface area contributed by atoms with Crippen LogP contribution in [0.3, 0.4) is 0 Å². The van der Waals surface area contributed by atoms with Gasteiger partial charge in [0.25, 0.3) is 5.91 Å². The standard InChI is InChI=1S/C21H20BrN3O3S/c22-14-6-5-7-15(12-14)23-18(26)13-25-16-8-1-2-9-17(16)29-19(21(25)28)20(27)24-10-3-4-11-24/h1-2,5-9,12,19H,3-4,10-11,13H2,(H,23,26)/t19-/m0/s1. The lowest BCUT2D eigenvalue weighted by molar-refractivity contribution is -0.134. The summed E-state index contributed by atoms with van der Waals surface area (Å²) in [4.78, 5) is 42.8. The number of halogens is 1. The van der Waals surface area contributed by atoms with Crippen LogP contribution >= 0.6 is 27.7 Å². The van der Waals surface area contributed by atoms with Gasteiger partial charge >= 0.3 is 0 Å². The maximum Gasteiger partial charge on any atom is 0.250 e. The maximum atomic E-state index is 13.2. The van der Waals surface area contributed by atoms with Crippen molar-refractivity contribution in [1.29, 1.82) is 0 Å². The summed E-state index contributed by atoms with van der Waals surface area (Å²) in [6.07, 6.45) is 1.93. The summed E-state index contributed by atoms with van der Waals surface area (Å²) in [5, 5.41) is 1.97. The molecule has 6 nitrogen and oxygen atoms in total. The second-order valence-corrected chi connectivity index (χ2v) is 9.04. The summed E-state index contributed by atoms with van der Waals surface area (Å²) < 4.78 is 0.849. The van der Waals surface area contributed by atoms with Gasteiger partial charge in [0.05, 0.1) is 5.69 Å². The van der Waals surface area contributed by atoms with Crippen molar-refractivity contribution in [1.82, 2.24) is 4.90 Å². The zero-order valence-corrected chi connectivity index (χ0v) is 18.0. The fraction of sp³-hybridized carbons (Fsp3) is 0.286. The predicted octanol–water partition coefficient (Wildman–Crippen LogP) is 3.52. The third-order valence-corrected chi connectivity index (χ3v) is 6.67. The normalized spacial score (nSPS) is 18.5. The SMILES string of the molecule is O=C(CN1C(=O)[C@H](C(=O)N2CCCC2)Sc2ccccc21)Nc1cccc(Br)c1. The van der Waals surface area contributed by atoms with Crippen LogP contribution in [0.4, 0.5) is 11.4 Å². The molecule has 29 heavy (non-hydrogen) atoms. The van der Waals surface area contributed by atoms with Crippen LogP contribution in [0.5, 0.6) is 0 Å². The Labute approximate surface area is 181 Å². The van der Waals surface area contributed by atoms with Gasteiger partial charge in [-0.2, -0.15) is 0 Å². The number of carbonyl (C=O) groups excluding carboxylic acids is 3. The number of nitrogens with one attached hydrogen (secondary N) is 1. The monoisotopic (exact) mass is 473 g/mol. The van der Waals surface area contributed by atoms with Crippen LogP contribution in [0.1, 0.15) is 12.8 Å². The van der Waals surface area contributed by atoms with Crippen LogP contribution < -0.4 is 10.2 Å². The van der Waals surface area contributed by atoms with Crippen molar-refractivity contribution < 1.29 is 14.4 Å². The first kappa shape index (κ1) is 20.0. The van der Waals surface area contributed by atoms with E-state index < -0.39 is 5.25 Å². The second kappa shape index (κ2) is 8.59. The molecule has 0 aromatic heterocycles. The molecule has 4 rings (SSSR count). The van der Waals surface area contributed by atoms with Gasteiger partial charge in [0.15, 0.2) is 5.25 Å². The van der Waals surface area contributed by atoms with Crippen LogP contribution in [0.15, 0.2) is 57.9 Å². The molecule has 2 aromatic rings. The molecule has 1 N–H and O–H groups in total. The van der Waals surface area contributed by atoms with E-state index in [1.807, 2.05) is 36.4 Å². The van der Waals surface area contributed by atoms with Gasteiger partial charge in [-0.15, -0.1) is 11.8 Å². The molecule has 2 heterocycles. The highest BCUT2D eigenvalue weighted by Crippen LogP contribution is 2.40. The van der Waals surface area contributed by atoms with Crippen molar-refractivity contribution in [2.45, 2.75) is 23.0 Å². The predicted molar refractivity (Wildman–Crippen MR) is 117 cm³/mol. The zero-order chi connectivity index (χ0) is 20.4. The Bertz CT molecular complexity index is 962. The molecule has 0 spiro atoms. The van der Waals surface area contributed by atoms with Crippen LogP contribution in [-0.4, -0.2) is 47.5 Å². The van der Waals surface area contributed by atoms with Gasteiger partial charge in [-0.05, 0) is 43.2 Å². The Morgan fingerprint density at radius 2 is 1.86 bits per heavy atom. The van der Waals surface area contributed by atoms with Crippen LogP contribution in [0.2, 0.25) is 0 Å². The molecule has 2 aliphatic rings. The number of fused-ring (bicyclic) bond motifs is 1. The molecule has 150 valence electrons. The first-order valence-corrected chi connectivity index (χ1v) is 11.1. The lowest BCUT2D eigenvalue weighted by atomic mass is 10.2. The van der Waals surface area contributed by atoms with Crippen molar-refractivity contribution in [3.8, 4) is 0 Å². The van der Waals surface area contributed by atoms with E-state index in [-0.39, 0.29) is 24.3 Å². The summed E-state index contributed by atoms with van der Waals surface area (Å²) in [6.45, 7) is 1.23. The van der Waals surface area contributed by atoms with E-state index in [1.54, 1.807) is 17.0 Å². The number of para-hydroxylation sites is 1. The molecule has 2 aliphatic heterocycles. The topological polar surface area (TPSA) is 69.7 Å². The van der Waals surface area contributed by atoms with Crippen LogP contribution in [0.25, 0.3) is 0 Å². The van der Waals surface area contributed by atoms with Gasteiger partial charge in [-0.25, -0.2) is 0 Å².